The Morgan fingerprint density at radius 3 is 3.00 bits per heavy atom. The molecular weight excluding hydrogens is 196 g/mol. The fraction of sp³-hybridized carbons (Fsp3) is 0. The van der Waals surface area contributed by atoms with Gasteiger partial charge < -0.3 is 4.42 Å². The van der Waals surface area contributed by atoms with Crippen LogP contribution in [0.3, 0.4) is 0 Å². The lowest BCUT2D eigenvalue weighted by atomic mass is 10.4. The summed E-state index contributed by atoms with van der Waals surface area (Å²) in [7, 11) is 0. The van der Waals surface area contributed by atoms with E-state index < -0.39 is 0 Å². The molecule has 0 fully saturated rings. The van der Waals surface area contributed by atoms with Crippen molar-refractivity contribution in [3.05, 3.63) is 36.7 Å². The van der Waals surface area contributed by atoms with Crippen LogP contribution in [0.5, 0.6) is 0 Å². The third kappa shape index (κ3) is 1.12. The minimum absolute atomic E-state index is 0.799. The van der Waals surface area contributed by atoms with Gasteiger partial charge in [0.2, 0.25) is 0 Å². The molecule has 0 saturated heterocycles. The van der Waals surface area contributed by atoms with E-state index in [2.05, 4.69) is 9.97 Å². The zero-order valence-corrected chi connectivity index (χ0v) is 7.99. The molecule has 0 spiro atoms. The summed E-state index contributed by atoms with van der Waals surface area (Å²) < 4.78 is 5.27. The molecule has 0 N–H and O–H groups in total. The largest absolute Gasteiger partial charge is 0.462 e. The molecule has 3 rings (SSSR count). The maximum atomic E-state index is 5.27. The molecule has 3 aromatic rings. The summed E-state index contributed by atoms with van der Waals surface area (Å²) in [6, 6.07) is 7.59. The maximum Gasteiger partial charge on any atom is 0.162 e. The van der Waals surface area contributed by atoms with Crippen molar-refractivity contribution in [2.24, 2.45) is 0 Å². The van der Waals surface area contributed by atoms with Crippen molar-refractivity contribution in [1.29, 1.82) is 0 Å². The Labute approximate surface area is 84.0 Å². The van der Waals surface area contributed by atoms with Crippen molar-refractivity contribution in [2.75, 3.05) is 0 Å². The van der Waals surface area contributed by atoms with Crippen LogP contribution in [-0.2, 0) is 0 Å². The number of nitrogens with zero attached hydrogens (tertiary/aromatic N) is 2. The molecule has 68 valence electrons. The molecule has 0 saturated carbocycles. The van der Waals surface area contributed by atoms with Gasteiger partial charge in [0.1, 0.15) is 10.3 Å². The Kier molecular flexibility index (Phi) is 1.61. The smallest absolute Gasteiger partial charge is 0.162 e. The van der Waals surface area contributed by atoms with Crippen LogP contribution in [0.4, 0.5) is 0 Å². The first-order chi connectivity index (χ1) is 6.93. The van der Waals surface area contributed by atoms with Crippen LogP contribution in [0.25, 0.3) is 21.1 Å². The third-order valence-electron chi connectivity index (χ3n) is 1.90. The van der Waals surface area contributed by atoms with Gasteiger partial charge in [-0.1, -0.05) is 11.3 Å². The second-order valence-corrected chi connectivity index (χ2v) is 3.80. The number of aromatic nitrogens is 2. The molecule has 0 atom stereocenters. The van der Waals surface area contributed by atoms with Crippen LogP contribution in [0, 0.1) is 0 Å². The van der Waals surface area contributed by atoms with Crippen molar-refractivity contribution >= 4 is 21.7 Å². The van der Waals surface area contributed by atoms with Gasteiger partial charge >= 0.3 is 0 Å². The molecule has 0 aromatic carbocycles. The number of furan rings is 1. The minimum atomic E-state index is 0.799. The lowest BCUT2D eigenvalue weighted by Gasteiger charge is -1.83. The Bertz CT molecular complexity index is 523. The predicted octanol–water partition coefficient (Wildman–Crippen LogP) is 2.95. The topological polar surface area (TPSA) is 38.9 Å². The Morgan fingerprint density at radius 2 is 2.21 bits per heavy atom. The first-order valence-corrected chi connectivity index (χ1v) is 5.00. The van der Waals surface area contributed by atoms with Gasteiger partial charge in [-0.15, -0.1) is 0 Å². The standard InChI is InChI=1S/C10H6N2OS/c1-3-7-9(11-5-1)14-10(12-7)8-4-2-6-13-8/h1-6H. The molecule has 0 bridgehead atoms. The summed E-state index contributed by atoms with van der Waals surface area (Å²) in [6.45, 7) is 0. The molecule has 0 unspecified atom stereocenters. The van der Waals surface area contributed by atoms with Gasteiger partial charge in [-0.2, -0.15) is 0 Å². The van der Waals surface area contributed by atoms with Gasteiger partial charge in [0.05, 0.1) is 6.26 Å². The van der Waals surface area contributed by atoms with Gasteiger partial charge in [0, 0.05) is 6.20 Å². The summed E-state index contributed by atoms with van der Waals surface area (Å²) in [5, 5.41) is 0.878. The highest BCUT2D eigenvalue weighted by Gasteiger charge is 2.07. The Morgan fingerprint density at radius 1 is 1.21 bits per heavy atom. The molecular formula is C10H6N2OS. The average Bonchev–Trinajstić information content (AvgIpc) is 2.86. The summed E-state index contributed by atoms with van der Waals surface area (Å²) >= 11 is 1.54. The minimum Gasteiger partial charge on any atom is -0.462 e. The number of rotatable bonds is 1. The van der Waals surface area contributed by atoms with Crippen LogP contribution < -0.4 is 0 Å². The number of hydrogen-bond acceptors (Lipinski definition) is 4. The lowest BCUT2D eigenvalue weighted by Crippen LogP contribution is -1.70. The van der Waals surface area contributed by atoms with Crippen molar-refractivity contribution in [3.63, 3.8) is 0 Å². The molecule has 3 heterocycles. The third-order valence-corrected chi connectivity index (χ3v) is 2.89. The normalized spacial score (nSPS) is 10.9. The van der Waals surface area contributed by atoms with Gasteiger partial charge in [0.25, 0.3) is 0 Å². The van der Waals surface area contributed by atoms with E-state index in [0.717, 1.165) is 21.1 Å². The molecule has 0 radical (unpaired) electrons. The van der Waals surface area contributed by atoms with Crippen molar-refractivity contribution in [3.8, 4) is 10.8 Å². The first kappa shape index (κ1) is 7.70. The van der Waals surface area contributed by atoms with Crippen molar-refractivity contribution in [1.82, 2.24) is 9.97 Å². The van der Waals surface area contributed by atoms with Crippen molar-refractivity contribution in [2.45, 2.75) is 0 Å². The van der Waals surface area contributed by atoms with Crippen LogP contribution in [0.1, 0.15) is 0 Å². The first-order valence-electron chi connectivity index (χ1n) is 4.19. The van der Waals surface area contributed by atoms with Gasteiger partial charge in [-0.05, 0) is 24.3 Å². The lowest BCUT2D eigenvalue weighted by molar-refractivity contribution is 0.582. The second kappa shape index (κ2) is 2.92. The molecule has 3 aromatic heterocycles. The van der Waals surface area contributed by atoms with Crippen LogP contribution in [0.15, 0.2) is 41.1 Å². The van der Waals surface area contributed by atoms with Gasteiger partial charge in [0.15, 0.2) is 10.8 Å². The maximum absolute atomic E-state index is 5.27. The number of fused-ring (bicyclic) bond motifs is 1. The van der Waals surface area contributed by atoms with E-state index >= 15 is 0 Å². The predicted molar refractivity (Wildman–Crippen MR) is 55.1 cm³/mol. The van der Waals surface area contributed by atoms with Crippen LogP contribution >= 0.6 is 11.3 Å². The fourth-order valence-electron chi connectivity index (χ4n) is 1.28. The highest BCUT2D eigenvalue weighted by atomic mass is 32.1. The van der Waals surface area contributed by atoms with E-state index in [9.17, 15) is 0 Å². The Balaban J connectivity index is 2.24. The number of pyridine rings is 1. The van der Waals surface area contributed by atoms with E-state index in [0.29, 0.717) is 0 Å². The SMILES string of the molecule is c1coc(-c2nc3cccnc3s2)c1. The molecule has 4 heteroatoms. The van der Waals surface area contributed by atoms with Crippen LogP contribution in [-0.4, -0.2) is 9.97 Å². The summed E-state index contributed by atoms with van der Waals surface area (Å²) in [5.74, 6) is 0.799. The zero-order valence-electron chi connectivity index (χ0n) is 7.18. The Hall–Kier alpha value is -1.68. The average molecular weight is 202 g/mol. The highest BCUT2D eigenvalue weighted by Crippen LogP contribution is 2.28. The van der Waals surface area contributed by atoms with Crippen molar-refractivity contribution < 1.29 is 4.42 Å². The van der Waals surface area contributed by atoms with E-state index in [1.807, 2.05) is 24.3 Å². The zero-order chi connectivity index (χ0) is 9.38. The van der Waals surface area contributed by atoms with E-state index in [4.69, 9.17) is 4.42 Å². The molecule has 14 heavy (non-hydrogen) atoms. The molecule has 0 amide bonds. The molecule has 3 nitrogen and oxygen atoms in total. The molecule has 0 aliphatic heterocycles. The number of thiazole rings is 1. The van der Waals surface area contributed by atoms with Crippen LogP contribution in [0.2, 0.25) is 0 Å². The molecule has 0 aliphatic rings. The second-order valence-electron chi connectivity index (χ2n) is 2.82. The van der Waals surface area contributed by atoms with Gasteiger partial charge in [-0.3, -0.25) is 0 Å². The summed E-state index contributed by atoms with van der Waals surface area (Å²) in [5.41, 5.74) is 0.920. The van der Waals surface area contributed by atoms with Gasteiger partial charge in [-0.25, -0.2) is 9.97 Å². The quantitative estimate of drug-likeness (QED) is 0.609. The van der Waals surface area contributed by atoms with E-state index in [-0.39, 0.29) is 0 Å². The summed E-state index contributed by atoms with van der Waals surface area (Å²) in [4.78, 5) is 9.59. The fourth-order valence-corrected chi connectivity index (χ4v) is 2.15. The number of hydrogen-bond donors (Lipinski definition) is 0. The summed E-state index contributed by atoms with van der Waals surface area (Å²) in [6.07, 6.45) is 3.42. The van der Waals surface area contributed by atoms with E-state index in [1.165, 1.54) is 11.3 Å². The van der Waals surface area contributed by atoms with E-state index in [1.54, 1.807) is 12.5 Å². The molecule has 0 aliphatic carbocycles. The monoisotopic (exact) mass is 202 g/mol. The highest BCUT2D eigenvalue weighted by molar-refractivity contribution is 7.21.